The zero-order chi connectivity index (χ0) is 14.9. The zero-order valence-electron chi connectivity index (χ0n) is 11.8. The molecule has 0 radical (unpaired) electrons. The van der Waals surface area contributed by atoms with Crippen molar-refractivity contribution in [3.8, 4) is 11.5 Å². The lowest BCUT2D eigenvalue weighted by atomic mass is 10.1. The highest BCUT2D eigenvalue weighted by Crippen LogP contribution is 2.31. The van der Waals surface area contributed by atoms with E-state index in [2.05, 4.69) is 15.9 Å². The Kier molecular flexibility index (Phi) is 4.14. The van der Waals surface area contributed by atoms with E-state index in [0.29, 0.717) is 11.3 Å². The van der Waals surface area contributed by atoms with E-state index in [4.69, 9.17) is 15.9 Å². The number of benzene rings is 2. The van der Waals surface area contributed by atoms with Gasteiger partial charge in [-0.15, -0.1) is 0 Å². The van der Waals surface area contributed by atoms with Gasteiger partial charge in [0.25, 0.3) is 0 Å². The van der Waals surface area contributed by atoms with Crippen LogP contribution in [0.1, 0.15) is 22.3 Å². The molecule has 104 valence electrons. The highest BCUT2D eigenvalue weighted by Gasteiger charge is 2.10. The van der Waals surface area contributed by atoms with Crippen LogP contribution in [0.4, 0.5) is 0 Å². The van der Waals surface area contributed by atoms with Crippen molar-refractivity contribution in [1.82, 2.24) is 0 Å². The molecule has 0 aliphatic heterocycles. The lowest BCUT2D eigenvalue weighted by molar-refractivity contribution is 0.480. The van der Waals surface area contributed by atoms with Crippen LogP contribution >= 0.6 is 15.9 Å². The predicted octanol–water partition coefficient (Wildman–Crippen LogP) is 4.45. The average molecular weight is 333 g/mol. The highest BCUT2D eigenvalue weighted by atomic mass is 79.9. The summed E-state index contributed by atoms with van der Waals surface area (Å²) in [6.45, 7) is 6.02. The molecule has 0 unspecified atom stereocenters. The number of aryl methyl sites for hydroxylation is 3. The maximum Gasteiger partial charge on any atom is 0.138 e. The van der Waals surface area contributed by atoms with Gasteiger partial charge in [-0.3, -0.25) is 5.41 Å². The standard InChI is InChI=1S/C16H17BrN2O/c1-9-4-5-13(16(18)19)14(6-9)20-12-7-10(2)15(17)11(3)8-12/h4-8H,1-3H3,(H3,18,19). The normalized spacial score (nSPS) is 10.4. The minimum atomic E-state index is 0.00514. The van der Waals surface area contributed by atoms with Crippen LogP contribution in [0.3, 0.4) is 0 Å². The monoisotopic (exact) mass is 332 g/mol. The van der Waals surface area contributed by atoms with Crippen LogP contribution in [0.2, 0.25) is 0 Å². The number of ether oxygens (including phenoxy) is 1. The molecule has 0 aromatic heterocycles. The molecule has 3 N–H and O–H groups in total. The van der Waals surface area contributed by atoms with E-state index in [1.165, 1.54) is 0 Å². The summed E-state index contributed by atoms with van der Waals surface area (Å²) < 4.78 is 7.01. The molecule has 2 rings (SSSR count). The van der Waals surface area contributed by atoms with Crippen molar-refractivity contribution >= 4 is 21.8 Å². The van der Waals surface area contributed by atoms with Gasteiger partial charge >= 0.3 is 0 Å². The minimum absolute atomic E-state index is 0.00514. The van der Waals surface area contributed by atoms with Crippen LogP contribution in [0.5, 0.6) is 11.5 Å². The van der Waals surface area contributed by atoms with Gasteiger partial charge in [-0.05, 0) is 61.7 Å². The summed E-state index contributed by atoms with van der Waals surface area (Å²) in [4.78, 5) is 0. The number of hydrogen-bond donors (Lipinski definition) is 2. The van der Waals surface area contributed by atoms with Gasteiger partial charge < -0.3 is 10.5 Å². The number of halogens is 1. The molecule has 20 heavy (non-hydrogen) atoms. The molecule has 0 atom stereocenters. The zero-order valence-corrected chi connectivity index (χ0v) is 13.3. The predicted molar refractivity (Wildman–Crippen MR) is 85.9 cm³/mol. The molecule has 0 amide bonds. The van der Waals surface area contributed by atoms with Crippen molar-refractivity contribution in [2.24, 2.45) is 5.73 Å². The van der Waals surface area contributed by atoms with Gasteiger partial charge in [0.05, 0.1) is 5.56 Å². The number of hydrogen-bond acceptors (Lipinski definition) is 2. The maximum absolute atomic E-state index is 7.62. The molecule has 0 heterocycles. The largest absolute Gasteiger partial charge is 0.457 e. The van der Waals surface area contributed by atoms with Crippen LogP contribution in [-0.4, -0.2) is 5.84 Å². The fourth-order valence-corrected chi connectivity index (χ4v) is 2.26. The first-order valence-electron chi connectivity index (χ1n) is 6.28. The third kappa shape index (κ3) is 3.02. The van der Waals surface area contributed by atoms with E-state index in [0.717, 1.165) is 26.9 Å². The second kappa shape index (κ2) is 5.67. The molecular formula is C16H17BrN2O. The quantitative estimate of drug-likeness (QED) is 0.644. The van der Waals surface area contributed by atoms with E-state index in [1.54, 1.807) is 0 Å². The second-order valence-electron chi connectivity index (χ2n) is 4.89. The molecule has 0 bridgehead atoms. The number of rotatable bonds is 3. The lowest BCUT2D eigenvalue weighted by Gasteiger charge is -2.13. The van der Waals surface area contributed by atoms with Gasteiger partial charge in [-0.1, -0.05) is 22.0 Å². The van der Waals surface area contributed by atoms with Gasteiger partial charge in [0, 0.05) is 4.47 Å². The van der Waals surface area contributed by atoms with Crippen molar-refractivity contribution in [1.29, 1.82) is 5.41 Å². The molecule has 0 saturated carbocycles. The van der Waals surface area contributed by atoms with E-state index in [9.17, 15) is 0 Å². The Balaban J connectivity index is 2.44. The summed E-state index contributed by atoms with van der Waals surface area (Å²) in [5, 5.41) is 7.62. The third-order valence-corrected chi connectivity index (χ3v) is 4.32. The first-order valence-corrected chi connectivity index (χ1v) is 7.07. The van der Waals surface area contributed by atoms with E-state index in [-0.39, 0.29) is 5.84 Å². The average Bonchev–Trinajstić information content (AvgIpc) is 2.35. The number of nitrogens with one attached hydrogen (secondary N) is 1. The molecule has 0 saturated heterocycles. The maximum atomic E-state index is 7.62. The lowest BCUT2D eigenvalue weighted by Crippen LogP contribution is -2.12. The number of amidine groups is 1. The molecular weight excluding hydrogens is 316 g/mol. The first-order chi connectivity index (χ1) is 9.38. The smallest absolute Gasteiger partial charge is 0.138 e. The van der Waals surface area contributed by atoms with E-state index < -0.39 is 0 Å². The number of nitrogens with two attached hydrogens (primary N) is 1. The van der Waals surface area contributed by atoms with Gasteiger partial charge in [0.1, 0.15) is 17.3 Å². The van der Waals surface area contributed by atoms with Gasteiger partial charge in [0.15, 0.2) is 0 Å². The Hall–Kier alpha value is -1.81. The van der Waals surface area contributed by atoms with Crippen molar-refractivity contribution in [2.75, 3.05) is 0 Å². The first kappa shape index (κ1) is 14.6. The fourth-order valence-electron chi connectivity index (χ4n) is 2.03. The SMILES string of the molecule is Cc1ccc(C(=N)N)c(Oc2cc(C)c(Br)c(C)c2)c1. The molecule has 0 fully saturated rings. The molecule has 2 aromatic rings. The Bertz CT molecular complexity index is 657. The van der Waals surface area contributed by atoms with Crippen molar-refractivity contribution < 1.29 is 4.74 Å². The van der Waals surface area contributed by atoms with E-state index in [1.807, 2.05) is 51.1 Å². The minimum Gasteiger partial charge on any atom is -0.457 e. The van der Waals surface area contributed by atoms with Crippen LogP contribution in [0, 0.1) is 26.2 Å². The summed E-state index contributed by atoms with van der Waals surface area (Å²) in [5.41, 5.74) is 9.49. The topological polar surface area (TPSA) is 59.1 Å². The summed E-state index contributed by atoms with van der Waals surface area (Å²) in [6.07, 6.45) is 0. The molecule has 0 spiro atoms. The summed E-state index contributed by atoms with van der Waals surface area (Å²) in [7, 11) is 0. The Labute approximate surface area is 127 Å². The van der Waals surface area contributed by atoms with Crippen LogP contribution in [0.25, 0.3) is 0 Å². The van der Waals surface area contributed by atoms with Crippen LogP contribution in [-0.2, 0) is 0 Å². The van der Waals surface area contributed by atoms with Gasteiger partial charge in [0.2, 0.25) is 0 Å². The Morgan fingerprint density at radius 3 is 2.25 bits per heavy atom. The highest BCUT2D eigenvalue weighted by molar-refractivity contribution is 9.10. The molecule has 0 aliphatic rings. The molecule has 3 nitrogen and oxygen atoms in total. The second-order valence-corrected chi connectivity index (χ2v) is 5.68. The van der Waals surface area contributed by atoms with E-state index >= 15 is 0 Å². The molecule has 4 heteroatoms. The Morgan fingerprint density at radius 1 is 1.10 bits per heavy atom. The van der Waals surface area contributed by atoms with Crippen LogP contribution < -0.4 is 10.5 Å². The summed E-state index contributed by atoms with van der Waals surface area (Å²) in [5.74, 6) is 1.36. The van der Waals surface area contributed by atoms with Crippen molar-refractivity contribution in [3.05, 3.63) is 57.1 Å². The molecule has 2 aromatic carbocycles. The van der Waals surface area contributed by atoms with Crippen LogP contribution in [0.15, 0.2) is 34.8 Å². The van der Waals surface area contributed by atoms with Crippen molar-refractivity contribution in [3.63, 3.8) is 0 Å². The third-order valence-electron chi connectivity index (χ3n) is 3.07. The summed E-state index contributed by atoms with van der Waals surface area (Å²) >= 11 is 3.54. The van der Waals surface area contributed by atoms with Gasteiger partial charge in [-0.25, -0.2) is 0 Å². The Morgan fingerprint density at radius 2 is 1.70 bits per heavy atom. The molecule has 0 aliphatic carbocycles. The fraction of sp³-hybridized carbons (Fsp3) is 0.188. The number of nitrogen functional groups attached to an aromatic ring is 1. The van der Waals surface area contributed by atoms with Crippen molar-refractivity contribution in [2.45, 2.75) is 20.8 Å². The summed E-state index contributed by atoms with van der Waals surface area (Å²) in [6, 6.07) is 9.54. The van der Waals surface area contributed by atoms with Gasteiger partial charge in [-0.2, -0.15) is 0 Å².